The molecule has 0 bridgehead atoms. The molecule has 34 heavy (non-hydrogen) atoms. The lowest BCUT2D eigenvalue weighted by Crippen LogP contribution is -2.15. The molecular formula is C31H48N2O. The predicted octanol–water partition coefficient (Wildman–Crippen LogP) is 9.20. The first-order chi connectivity index (χ1) is 16.8. The fraction of sp³-hybridized carbons (Fsp3) is 0.677. The minimum Gasteiger partial charge on any atom is -0.490 e. The summed E-state index contributed by atoms with van der Waals surface area (Å²) in [5.41, 5.74) is 2.52. The van der Waals surface area contributed by atoms with Gasteiger partial charge in [0.1, 0.15) is 0 Å². The van der Waals surface area contributed by atoms with Gasteiger partial charge in [0.05, 0.1) is 19.0 Å². The number of rotatable bonds is 16. The molecule has 0 spiro atoms. The lowest BCUT2D eigenvalue weighted by atomic mass is 9.77. The van der Waals surface area contributed by atoms with E-state index in [-0.39, 0.29) is 0 Å². The van der Waals surface area contributed by atoms with Crippen LogP contribution in [0.3, 0.4) is 0 Å². The zero-order chi connectivity index (χ0) is 23.8. The van der Waals surface area contributed by atoms with E-state index in [9.17, 15) is 0 Å². The van der Waals surface area contributed by atoms with E-state index in [2.05, 4.69) is 48.1 Å². The number of unbranched alkanes of at least 4 members (excludes halogenated alkanes) is 7. The predicted molar refractivity (Wildman–Crippen MR) is 144 cm³/mol. The molecule has 0 unspecified atom stereocenters. The van der Waals surface area contributed by atoms with Gasteiger partial charge in [0.2, 0.25) is 0 Å². The third-order valence-electron chi connectivity index (χ3n) is 7.63. The van der Waals surface area contributed by atoms with Gasteiger partial charge in [-0.05, 0) is 36.7 Å². The first-order valence-corrected chi connectivity index (χ1v) is 14.3. The average molecular weight is 465 g/mol. The first kappa shape index (κ1) is 26.7. The van der Waals surface area contributed by atoms with Crippen molar-refractivity contribution in [3.8, 4) is 17.1 Å². The van der Waals surface area contributed by atoms with Gasteiger partial charge in [-0.25, -0.2) is 9.97 Å². The minimum atomic E-state index is 0.748. The van der Waals surface area contributed by atoms with Gasteiger partial charge in [-0.2, -0.15) is 0 Å². The Hall–Kier alpha value is -1.90. The minimum absolute atomic E-state index is 0.748. The van der Waals surface area contributed by atoms with Gasteiger partial charge < -0.3 is 4.74 Å². The van der Waals surface area contributed by atoms with E-state index in [1.165, 1.54) is 102 Å². The molecule has 0 saturated heterocycles. The second-order valence-electron chi connectivity index (χ2n) is 10.5. The van der Waals surface area contributed by atoms with E-state index in [0.717, 1.165) is 42.0 Å². The van der Waals surface area contributed by atoms with Crippen molar-refractivity contribution in [2.45, 2.75) is 117 Å². The number of hydrogen-bond acceptors (Lipinski definition) is 3. The van der Waals surface area contributed by atoms with Crippen LogP contribution in [0.5, 0.6) is 5.75 Å². The second-order valence-corrected chi connectivity index (χ2v) is 10.5. The summed E-state index contributed by atoms with van der Waals surface area (Å²) in [7, 11) is 0. The lowest BCUT2D eigenvalue weighted by Gasteiger charge is -2.28. The van der Waals surface area contributed by atoms with Crippen LogP contribution in [0.4, 0.5) is 0 Å². The molecule has 0 N–H and O–H groups in total. The van der Waals surface area contributed by atoms with Gasteiger partial charge >= 0.3 is 0 Å². The Labute approximate surface area is 209 Å². The highest BCUT2D eigenvalue weighted by Crippen LogP contribution is 2.34. The monoisotopic (exact) mass is 464 g/mol. The van der Waals surface area contributed by atoms with Crippen LogP contribution in [0, 0.1) is 11.8 Å². The van der Waals surface area contributed by atoms with Crippen molar-refractivity contribution in [3.63, 3.8) is 0 Å². The largest absolute Gasteiger partial charge is 0.490 e. The molecule has 1 aromatic carbocycles. The molecule has 0 radical (unpaired) electrons. The maximum absolute atomic E-state index is 5.77. The van der Waals surface area contributed by atoms with Gasteiger partial charge in [0.15, 0.2) is 11.6 Å². The Morgan fingerprint density at radius 3 is 1.94 bits per heavy atom. The molecule has 0 atom stereocenters. The normalized spacial score (nSPS) is 18.2. The topological polar surface area (TPSA) is 35.0 Å². The standard InChI is InChI=1S/C31H48N2O/c1-3-5-7-9-10-12-26-13-15-27(16-14-26)17-18-28-19-21-29(22-20-28)31-32-24-30(25-33-31)34-23-11-8-6-4-2/h19-22,24-27H,3-18,23H2,1-2H3. The summed E-state index contributed by atoms with van der Waals surface area (Å²) in [6, 6.07) is 8.87. The maximum atomic E-state index is 5.77. The highest BCUT2D eigenvalue weighted by molar-refractivity contribution is 5.55. The first-order valence-electron chi connectivity index (χ1n) is 14.3. The molecule has 3 rings (SSSR count). The third-order valence-corrected chi connectivity index (χ3v) is 7.63. The van der Waals surface area contributed by atoms with Gasteiger partial charge in [0.25, 0.3) is 0 Å². The zero-order valence-corrected chi connectivity index (χ0v) is 21.9. The number of benzene rings is 1. The summed E-state index contributed by atoms with van der Waals surface area (Å²) in [6.07, 6.45) is 25.4. The van der Waals surface area contributed by atoms with Gasteiger partial charge in [-0.15, -0.1) is 0 Å². The SMILES string of the molecule is CCCCCCCC1CCC(CCc2ccc(-c3ncc(OCCCCCC)cn3)cc2)CC1. The Morgan fingerprint density at radius 1 is 0.706 bits per heavy atom. The van der Waals surface area contributed by atoms with Crippen molar-refractivity contribution in [1.82, 2.24) is 9.97 Å². The smallest absolute Gasteiger partial charge is 0.159 e. The van der Waals surface area contributed by atoms with Crippen LogP contribution < -0.4 is 4.74 Å². The van der Waals surface area contributed by atoms with E-state index in [1.807, 2.05) is 0 Å². The fourth-order valence-electron chi connectivity index (χ4n) is 5.30. The van der Waals surface area contributed by atoms with Crippen molar-refractivity contribution >= 4 is 0 Å². The molecule has 0 aliphatic heterocycles. The Bertz CT molecular complexity index is 763. The van der Waals surface area contributed by atoms with Crippen molar-refractivity contribution in [3.05, 3.63) is 42.2 Å². The number of aryl methyl sites for hydroxylation is 1. The van der Waals surface area contributed by atoms with E-state index >= 15 is 0 Å². The molecule has 0 amide bonds. The summed E-state index contributed by atoms with van der Waals surface area (Å²) < 4.78 is 5.77. The van der Waals surface area contributed by atoms with Crippen molar-refractivity contribution in [2.75, 3.05) is 6.61 Å². The van der Waals surface area contributed by atoms with E-state index < -0.39 is 0 Å². The molecule has 1 fully saturated rings. The molecule has 1 saturated carbocycles. The van der Waals surface area contributed by atoms with E-state index in [0.29, 0.717) is 0 Å². The highest BCUT2D eigenvalue weighted by Gasteiger charge is 2.20. The van der Waals surface area contributed by atoms with Crippen LogP contribution in [-0.2, 0) is 6.42 Å². The highest BCUT2D eigenvalue weighted by atomic mass is 16.5. The second kappa shape index (κ2) is 15.9. The Kier molecular flexibility index (Phi) is 12.5. The Balaban J connectivity index is 1.33. The average Bonchev–Trinajstić information content (AvgIpc) is 2.89. The molecule has 1 aliphatic rings. The molecule has 3 heteroatoms. The number of ether oxygens (including phenoxy) is 1. The van der Waals surface area contributed by atoms with Crippen LogP contribution in [-0.4, -0.2) is 16.6 Å². The number of aromatic nitrogens is 2. The number of nitrogens with zero attached hydrogens (tertiary/aromatic N) is 2. The third kappa shape index (κ3) is 9.76. The summed E-state index contributed by atoms with van der Waals surface area (Å²) in [5, 5.41) is 0. The van der Waals surface area contributed by atoms with Gasteiger partial charge in [-0.1, -0.05) is 122 Å². The van der Waals surface area contributed by atoms with E-state index in [1.54, 1.807) is 12.4 Å². The molecule has 3 nitrogen and oxygen atoms in total. The van der Waals surface area contributed by atoms with Crippen LogP contribution in [0.25, 0.3) is 11.4 Å². The molecule has 1 heterocycles. The van der Waals surface area contributed by atoms with Gasteiger partial charge in [0, 0.05) is 5.56 Å². The molecular weight excluding hydrogens is 416 g/mol. The van der Waals surface area contributed by atoms with Crippen LogP contribution in [0.1, 0.15) is 116 Å². The van der Waals surface area contributed by atoms with Crippen molar-refractivity contribution in [2.24, 2.45) is 11.8 Å². The van der Waals surface area contributed by atoms with Crippen molar-refractivity contribution in [1.29, 1.82) is 0 Å². The fourth-order valence-corrected chi connectivity index (χ4v) is 5.30. The van der Waals surface area contributed by atoms with Crippen LogP contribution in [0.15, 0.2) is 36.7 Å². The molecule has 1 aliphatic carbocycles. The summed E-state index contributed by atoms with van der Waals surface area (Å²) in [4.78, 5) is 9.04. The summed E-state index contributed by atoms with van der Waals surface area (Å²) in [5.74, 6) is 3.48. The van der Waals surface area contributed by atoms with Crippen LogP contribution >= 0.6 is 0 Å². The zero-order valence-electron chi connectivity index (χ0n) is 21.9. The quantitative estimate of drug-likeness (QED) is 0.232. The molecule has 188 valence electrons. The molecule has 1 aromatic heterocycles. The lowest BCUT2D eigenvalue weighted by molar-refractivity contribution is 0.248. The molecule has 2 aromatic rings. The Morgan fingerprint density at radius 2 is 1.29 bits per heavy atom. The van der Waals surface area contributed by atoms with Gasteiger partial charge in [-0.3, -0.25) is 0 Å². The summed E-state index contributed by atoms with van der Waals surface area (Å²) >= 11 is 0. The van der Waals surface area contributed by atoms with Crippen molar-refractivity contribution < 1.29 is 4.74 Å². The number of hydrogen-bond donors (Lipinski definition) is 0. The van der Waals surface area contributed by atoms with E-state index in [4.69, 9.17) is 4.74 Å². The maximum Gasteiger partial charge on any atom is 0.159 e. The van der Waals surface area contributed by atoms with Crippen LogP contribution in [0.2, 0.25) is 0 Å². The summed E-state index contributed by atoms with van der Waals surface area (Å²) in [6.45, 7) is 5.27.